The highest BCUT2D eigenvalue weighted by molar-refractivity contribution is 5.79. The summed E-state index contributed by atoms with van der Waals surface area (Å²) in [6.45, 7) is 7.08. The second kappa shape index (κ2) is 10.5. The number of piperazine rings is 1. The van der Waals surface area contributed by atoms with Crippen molar-refractivity contribution in [1.29, 1.82) is 0 Å². The number of hydrogen-bond donors (Lipinski definition) is 2. The van der Waals surface area contributed by atoms with Crippen LogP contribution in [-0.4, -0.2) is 55.6 Å². The van der Waals surface area contributed by atoms with Crippen LogP contribution in [0.3, 0.4) is 0 Å². The minimum atomic E-state index is -4.36. The topological polar surface area (TPSA) is 55.8 Å². The van der Waals surface area contributed by atoms with Gasteiger partial charge in [-0.15, -0.1) is 0 Å². The number of rotatable bonds is 6. The van der Waals surface area contributed by atoms with Crippen LogP contribution >= 0.6 is 0 Å². The summed E-state index contributed by atoms with van der Waals surface area (Å²) in [5, 5.41) is 6.43. The minimum absolute atomic E-state index is 0.150. The van der Waals surface area contributed by atoms with E-state index in [0.29, 0.717) is 24.6 Å². The van der Waals surface area contributed by atoms with E-state index in [4.69, 9.17) is 0 Å². The molecule has 1 aromatic heterocycles. The van der Waals surface area contributed by atoms with E-state index in [1.807, 2.05) is 19.1 Å². The van der Waals surface area contributed by atoms with Gasteiger partial charge < -0.3 is 20.4 Å². The van der Waals surface area contributed by atoms with E-state index in [1.54, 1.807) is 12.3 Å². The van der Waals surface area contributed by atoms with E-state index in [0.717, 1.165) is 49.7 Å². The van der Waals surface area contributed by atoms with Crippen molar-refractivity contribution in [3.63, 3.8) is 0 Å². The van der Waals surface area contributed by atoms with Crippen molar-refractivity contribution in [3.8, 4) is 0 Å². The lowest BCUT2D eigenvalue weighted by molar-refractivity contribution is -0.137. The van der Waals surface area contributed by atoms with E-state index in [1.165, 1.54) is 6.07 Å². The predicted molar refractivity (Wildman–Crippen MR) is 117 cm³/mol. The van der Waals surface area contributed by atoms with Crippen LogP contribution in [0.4, 0.5) is 19.0 Å². The number of nitrogens with one attached hydrogen (secondary N) is 2. The molecule has 1 aliphatic rings. The smallest absolute Gasteiger partial charge is 0.357 e. The second-order valence-electron chi connectivity index (χ2n) is 7.52. The molecule has 9 heteroatoms. The fourth-order valence-corrected chi connectivity index (χ4v) is 3.41. The number of likely N-dealkylation sites (N-methyl/N-ethyl adjacent to an activating group) is 1. The summed E-state index contributed by atoms with van der Waals surface area (Å²) in [5.74, 6) is 1.50. The summed E-state index contributed by atoms with van der Waals surface area (Å²) in [6.07, 6.45) is -2.56. The van der Waals surface area contributed by atoms with Gasteiger partial charge >= 0.3 is 6.18 Å². The van der Waals surface area contributed by atoms with Crippen LogP contribution in [0.25, 0.3) is 0 Å². The zero-order valence-electron chi connectivity index (χ0n) is 17.9. The SMILES string of the molecule is CCNC(=NCc1cccc(C(F)(F)F)c1)NCc1cccnc1N1CCN(C)CC1. The fraction of sp³-hybridized carbons (Fsp3) is 0.455. The van der Waals surface area contributed by atoms with Crippen LogP contribution in [-0.2, 0) is 19.3 Å². The number of alkyl halides is 3. The van der Waals surface area contributed by atoms with Crippen molar-refractivity contribution in [1.82, 2.24) is 20.5 Å². The molecule has 2 N–H and O–H groups in total. The van der Waals surface area contributed by atoms with Gasteiger partial charge in [0.1, 0.15) is 5.82 Å². The third-order valence-electron chi connectivity index (χ3n) is 5.13. The molecule has 2 heterocycles. The van der Waals surface area contributed by atoms with Crippen LogP contribution < -0.4 is 15.5 Å². The van der Waals surface area contributed by atoms with E-state index < -0.39 is 11.7 Å². The Kier molecular flexibility index (Phi) is 7.73. The van der Waals surface area contributed by atoms with E-state index in [9.17, 15) is 13.2 Å². The molecule has 0 saturated carbocycles. The van der Waals surface area contributed by atoms with Crippen molar-refractivity contribution < 1.29 is 13.2 Å². The largest absolute Gasteiger partial charge is 0.416 e. The molecule has 0 bridgehead atoms. The molecule has 1 aliphatic heterocycles. The normalized spacial score (nSPS) is 15.8. The summed E-state index contributed by atoms with van der Waals surface area (Å²) in [6, 6.07) is 9.20. The molecule has 31 heavy (non-hydrogen) atoms. The molecule has 1 fully saturated rings. The Morgan fingerprint density at radius 2 is 1.87 bits per heavy atom. The van der Waals surface area contributed by atoms with Crippen molar-refractivity contribution in [2.24, 2.45) is 4.99 Å². The Hall–Kier alpha value is -2.81. The number of aromatic nitrogens is 1. The summed E-state index contributed by atoms with van der Waals surface area (Å²) in [4.78, 5) is 13.6. The van der Waals surface area contributed by atoms with E-state index >= 15 is 0 Å². The Morgan fingerprint density at radius 3 is 2.58 bits per heavy atom. The molecule has 0 aliphatic carbocycles. The van der Waals surface area contributed by atoms with Crippen LogP contribution in [0.15, 0.2) is 47.6 Å². The average molecular weight is 435 g/mol. The number of halogens is 3. The molecular weight excluding hydrogens is 405 g/mol. The van der Waals surface area contributed by atoms with E-state index in [2.05, 4.69) is 37.5 Å². The summed E-state index contributed by atoms with van der Waals surface area (Å²) in [7, 11) is 2.11. The lowest BCUT2D eigenvalue weighted by atomic mass is 10.1. The van der Waals surface area contributed by atoms with Gasteiger partial charge in [0.25, 0.3) is 0 Å². The molecule has 0 unspecified atom stereocenters. The first-order valence-electron chi connectivity index (χ1n) is 10.4. The Bertz CT molecular complexity index is 876. The molecule has 0 atom stereocenters. The molecule has 0 radical (unpaired) electrons. The van der Waals surface area contributed by atoms with Crippen molar-refractivity contribution in [3.05, 3.63) is 59.3 Å². The van der Waals surface area contributed by atoms with E-state index in [-0.39, 0.29) is 6.54 Å². The predicted octanol–water partition coefficient (Wildman–Crippen LogP) is 3.11. The van der Waals surface area contributed by atoms with Gasteiger partial charge in [-0.3, -0.25) is 0 Å². The maximum Gasteiger partial charge on any atom is 0.416 e. The van der Waals surface area contributed by atoms with Crippen molar-refractivity contribution in [2.45, 2.75) is 26.2 Å². The number of aliphatic imine (C=N–C) groups is 1. The van der Waals surface area contributed by atoms with Gasteiger partial charge in [0.2, 0.25) is 0 Å². The van der Waals surface area contributed by atoms with Crippen molar-refractivity contribution in [2.75, 3.05) is 44.7 Å². The Balaban J connectivity index is 1.67. The van der Waals surface area contributed by atoms with Crippen LogP contribution in [0.1, 0.15) is 23.6 Å². The molecule has 168 valence electrons. The third kappa shape index (κ3) is 6.58. The minimum Gasteiger partial charge on any atom is -0.357 e. The van der Waals surface area contributed by atoms with Crippen LogP contribution in [0.2, 0.25) is 0 Å². The first-order valence-corrected chi connectivity index (χ1v) is 10.4. The molecule has 2 aromatic rings. The second-order valence-corrected chi connectivity index (χ2v) is 7.52. The van der Waals surface area contributed by atoms with Crippen molar-refractivity contribution >= 4 is 11.8 Å². The maximum atomic E-state index is 12.9. The molecule has 6 nitrogen and oxygen atoms in total. The highest BCUT2D eigenvalue weighted by Crippen LogP contribution is 2.29. The van der Waals surface area contributed by atoms with Gasteiger partial charge in [0, 0.05) is 51.0 Å². The number of nitrogens with zero attached hydrogens (tertiary/aromatic N) is 4. The Morgan fingerprint density at radius 1 is 1.10 bits per heavy atom. The quantitative estimate of drug-likeness (QED) is 0.541. The molecule has 0 amide bonds. The standard InChI is InChI=1S/C22H29F3N6/c1-3-26-21(28-15-17-6-4-8-19(14-17)22(23,24)25)29-16-18-7-5-9-27-20(18)31-12-10-30(2)11-13-31/h4-9,14H,3,10-13,15-16H2,1-2H3,(H2,26,28,29). The molecule has 0 spiro atoms. The monoisotopic (exact) mass is 434 g/mol. The highest BCUT2D eigenvalue weighted by atomic mass is 19.4. The zero-order valence-corrected chi connectivity index (χ0v) is 17.9. The first kappa shape index (κ1) is 22.9. The van der Waals surface area contributed by atoms with Gasteiger partial charge in [0.05, 0.1) is 12.1 Å². The third-order valence-corrected chi connectivity index (χ3v) is 5.13. The average Bonchev–Trinajstić information content (AvgIpc) is 2.76. The van der Waals surface area contributed by atoms with Gasteiger partial charge in [-0.1, -0.05) is 18.2 Å². The maximum absolute atomic E-state index is 12.9. The lowest BCUT2D eigenvalue weighted by Gasteiger charge is -2.34. The molecule has 1 saturated heterocycles. The summed E-state index contributed by atoms with van der Waals surface area (Å²) in [5.41, 5.74) is 0.897. The molecule has 1 aromatic carbocycles. The Labute approximate surface area is 181 Å². The number of hydrogen-bond acceptors (Lipinski definition) is 4. The van der Waals surface area contributed by atoms with Crippen LogP contribution in [0.5, 0.6) is 0 Å². The first-order chi connectivity index (χ1) is 14.9. The van der Waals surface area contributed by atoms with Gasteiger partial charge in [-0.2, -0.15) is 13.2 Å². The summed E-state index contributed by atoms with van der Waals surface area (Å²) < 4.78 is 38.8. The number of guanidine groups is 1. The fourth-order valence-electron chi connectivity index (χ4n) is 3.41. The number of anilines is 1. The lowest BCUT2D eigenvalue weighted by Crippen LogP contribution is -2.45. The zero-order chi connectivity index (χ0) is 22.3. The molecule has 3 rings (SSSR count). The van der Waals surface area contributed by atoms with Gasteiger partial charge in [-0.05, 0) is 37.7 Å². The molecular formula is C22H29F3N6. The van der Waals surface area contributed by atoms with Gasteiger partial charge in [-0.25, -0.2) is 9.98 Å². The summed E-state index contributed by atoms with van der Waals surface area (Å²) >= 11 is 0. The highest BCUT2D eigenvalue weighted by Gasteiger charge is 2.30. The number of benzene rings is 1. The van der Waals surface area contributed by atoms with Crippen LogP contribution in [0, 0.1) is 0 Å². The van der Waals surface area contributed by atoms with Gasteiger partial charge in [0.15, 0.2) is 5.96 Å². The number of pyridine rings is 1.